The van der Waals surface area contributed by atoms with E-state index < -0.39 is 21.5 Å². The van der Waals surface area contributed by atoms with Crippen molar-refractivity contribution in [3.05, 3.63) is 193 Å². The van der Waals surface area contributed by atoms with Crippen LogP contribution in [0.4, 0.5) is 0 Å². The Morgan fingerprint density at radius 2 is 0.773 bits per heavy atom. The van der Waals surface area contributed by atoms with Crippen molar-refractivity contribution in [1.29, 1.82) is 0 Å². The predicted molar refractivity (Wildman–Crippen MR) is 182 cm³/mol. The average molecular weight is 607 g/mol. The third-order valence-electron chi connectivity index (χ3n) is 8.56. The molecule has 1 fully saturated rings. The van der Waals surface area contributed by atoms with E-state index in [4.69, 9.17) is 13.3 Å². The smallest absolute Gasteiger partial charge is 0.476 e. The Kier molecular flexibility index (Phi) is 7.75. The second-order valence-corrected chi connectivity index (χ2v) is 20.7. The zero-order chi connectivity index (χ0) is 29.7. The first-order chi connectivity index (χ1) is 21.7. The molecule has 1 saturated heterocycles. The van der Waals surface area contributed by atoms with Crippen molar-refractivity contribution in [3.8, 4) is 11.5 Å². The molecule has 0 unspecified atom stereocenters. The average Bonchev–Trinajstić information content (AvgIpc) is 3.11. The van der Waals surface area contributed by atoms with Gasteiger partial charge < -0.3 is 13.3 Å². The summed E-state index contributed by atoms with van der Waals surface area (Å²) in [5.41, 5.74) is 1.56. The molecular formula is C39H34O3Si2. The number of para-hydroxylation sites is 2. The fourth-order valence-electron chi connectivity index (χ4n) is 6.59. The molecule has 0 amide bonds. The summed E-state index contributed by atoms with van der Waals surface area (Å²) in [6, 6.07) is 63.8. The van der Waals surface area contributed by atoms with Gasteiger partial charge in [-0.25, -0.2) is 0 Å². The van der Waals surface area contributed by atoms with Crippen LogP contribution >= 0.6 is 0 Å². The molecule has 1 heterocycles. The normalized spacial score (nSPS) is 16.5. The maximum absolute atomic E-state index is 8.12. The first kappa shape index (κ1) is 28.1. The van der Waals surface area contributed by atoms with E-state index in [0.717, 1.165) is 39.0 Å². The summed E-state index contributed by atoms with van der Waals surface area (Å²) < 4.78 is 22.9. The van der Waals surface area contributed by atoms with Gasteiger partial charge in [0.05, 0.1) is 0 Å². The number of hydrogen-bond acceptors (Lipinski definition) is 3. The Hall–Kier alpha value is -4.69. The maximum atomic E-state index is 8.12. The molecule has 0 aliphatic carbocycles. The van der Waals surface area contributed by atoms with Crippen molar-refractivity contribution < 1.29 is 13.3 Å². The number of rotatable bonds is 8. The second-order valence-electron chi connectivity index (χ2n) is 11.2. The highest BCUT2D eigenvalue weighted by Gasteiger charge is 2.73. The molecular weight excluding hydrogens is 573 g/mol. The van der Waals surface area contributed by atoms with Crippen molar-refractivity contribution in [1.82, 2.24) is 0 Å². The van der Waals surface area contributed by atoms with Gasteiger partial charge in [0, 0.05) is 6.04 Å². The van der Waals surface area contributed by atoms with E-state index in [1.807, 2.05) is 60.7 Å². The quantitative estimate of drug-likeness (QED) is 0.166. The number of benzene rings is 6. The van der Waals surface area contributed by atoms with Crippen molar-refractivity contribution in [2.24, 2.45) is 0 Å². The fraction of sp³-hybridized carbons (Fsp3) is 0.0769. The topological polar surface area (TPSA) is 27.7 Å². The zero-order valence-corrected chi connectivity index (χ0v) is 26.5. The highest BCUT2D eigenvalue weighted by atomic mass is 29.3. The second kappa shape index (κ2) is 12.1. The Labute approximate surface area is 261 Å². The van der Waals surface area contributed by atoms with Crippen LogP contribution in [0.1, 0.15) is 17.5 Å². The summed E-state index contributed by atoms with van der Waals surface area (Å²) in [6.45, 7) is 0. The van der Waals surface area contributed by atoms with Gasteiger partial charge >= 0.3 is 15.9 Å². The lowest BCUT2D eigenvalue weighted by molar-refractivity contribution is 0.0887. The molecule has 0 aromatic heterocycles. The van der Waals surface area contributed by atoms with E-state index in [1.54, 1.807) is 0 Å². The van der Waals surface area contributed by atoms with Crippen LogP contribution in [0.25, 0.3) is 0 Å². The van der Waals surface area contributed by atoms with Crippen molar-refractivity contribution >= 4 is 26.3 Å². The Morgan fingerprint density at radius 3 is 1.16 bits per heavy atom. The minimum Gasteiger partial charge on any atom is -0.513 e. The predicted octanol–water partition coefficient (Wildman–Crippen LogP) is 7.79. The van der Waals surface area contributed by atoms with Crippen LogP contribution in [-0.4, -0.2) is 15.9 Å². The highest BCUT2D eigenvalue weighted by molar-refractivity contribution is 7.45. The van der Waals surface area contributed by atoms with Gasteiger partial charge in [0.2, 0.25) is 0 Å². The molecule has 5 heteroatoms. The van der Waals surface area contributed by atoms with Crippen LogP contribution in [0, 0.1) is 0 Å². The Morgan fingerprint density at radius 1 is 0.432 bits per heavy atom. The maximum Gasteiger partial charge on any atom is 0.476 e. The largest absolute Gasteiger partial charge is 0.513 e. The molecule has 1 aliphatic heterocycles. The van der Waals surface area contributed by atoms with Crippen LogP contribution in [0.3, 0.4) is 0 Å². The van der Waals surface area contributed by atoms with Crippen LogP contribution in [0.2, 0.25) is 6.04 Å². The van der Waals surface area contributed by atoms with Gasteiger partial charge in [-0.15, -0.1) is 0 Å². The van der Waals surface area contributed by atoms with Crippen molar-refractivity contribution in [3.63, 3.8) is 0 Å². The van der Waals surface area contributed by atoms with Gasteiger partial charge in [-0.1, -0.05) is 158 Å². The minimum atomic E-state index is -3.39. The number of hydrogen-bond donors (Lipinski definition) is 0. The molecule has 0 radical (unpaired) electrons. The first-order valence-electron chi connectivity index (χ1n) is 15.1. The van der Waals surface area contributed by atoms with Gasteiger partial charge in [0.15, 0.2) is 0 Å². The SMILES string of the molecule is c1ccc(O[Si]2(Oc3ccccc3)CCC(c3ccccc3)(c3ccccc3)O[Si]2(c2ccccc2)c2ccccc2)cc1. The van der Waals surface area contributed by atoms with Crippen molar-refractivity contribution in [2.45, 2.75) is 18.1 Å². The van der Waals surface area contributed by atoms with E-state index in [0.29, 0.717) is 6.42 Å². The van der Waals surface area contributed by atoms with Gasteiger partial charge in [0.1, 0.15) is 17.1 Å². The van der Waals surface area contributed by atoms with E-state index in [1.165, 1.54) is 0 Å². The van der Waals surface area contributed by atoms with Gasteiger partial charge in [-0.05, 0) is 52.2 Å². The Balaban J connectivity index is 1.56. The van der Waals surface area contributed by atoms with Crippen LogP contribution in [0.5, 0.6) is 11.5 Å². The highest BCUT2D eigenvalue weighted by Crippen LogP contribution is 2.49. The summed E-state index contributed by atoms with van der Waals surface area (Å²) in [4.78, 5) is 0. The lowest BCUT2D eigenvalue weighted by Gasteiger charge is -2.54. The molecule has 0 saturated carbocycles. The molecule has 0 N–H and O–H groups in total. The van der Waals surface area contributed by atoms with Crippen LogP contribution in [-0.2, 0) is 10.0 Å². The van der Waals surface area contributed by atoms with Gasteiger partial charge in [0.25, 0.3) is 0 Å². The Bertz CT molecular complexity index is 1650. The molecule has 0 atom stereocenters. The summed E-state index contributed by atoms with van der Waals surface area (Å²) in [5.74, 6) is 1.60. The minimum absolute atomic E-state index is 0.710. The summed E-state index contributed by atoms with van der Waals surface area (Å²) in [7, 11) is -6.75. The first-order valence-corrected chi connectivity index (χ1v) is 20.1. The fourth-order valence-corrected chi connectivity index (χ4v) is 20.6. The third-order valence-corrected chi connectivity index (χ3v) is 21.2. The standard InChI is InChI=1S/C39H34O3Si2/c1-7-19-33(20-8-1)39(34-21-9-2-10-22-34)31-32-43(40-35-23-11-3-12-24-35,41-36-25-13-4-14-26-36)44(42-39,37-27-15-5-16-28-37)38-29-17-6-18-30-38/h1-30H,31-32H2. The van der Waals surface area contributed by atoms with Crippen LogP contribution < -0.4 is 19.2 Å². The van der Waals surface area contributed by atoms with E-state index in [9.17, 15) is 0 Å². The lowest BCUT2D eigenvalue weighted by atomic mass is 9.84. The van der Waals surface area contributed by atoms with E-state index in [-0.39, 0.29) is 0 Å². The summed E-state index contributed by atoms with van der Waals surface area (Å²) in [5, 5.41) is 2.28. The molecule has 0 spiro atoms. The molecule has 7 rings (SSSR count). The molecule has 44 heavy (non-hydrogen) atoms. The summed E-state index contributed by atoms with van der Waals surface area (Å²) in [6.07, 6.45) is 0.710. The summed E-state index contributed by atoms with van der Waals surface area (Å²) >= 11 is 0. The van der Waals surface area contributed by atoms with E-state index in [2.05, 4.69) is 121 Å². The van der Waals surface area contributed by atoms with Gasteiger partial charge in [-0.3, -0.25) is 0 Å². The molecule has 6 aromatic carbocycles. The van der Waals surface area contributed by atoms with Gasteiger partial charge in [-0.2, -0.15) is 0 Å². The van der Waals surface area contributed by atoms with E-state index >= 15 is 0 Å². The third kappa shape index (κ3) is 4.99. The monoisotopic (exact) mass is 606 g/mol. The molecule has 1 aliphatic rings. The molecule has 0 bridgehead atoms. The molecule has 6 aromatic rings. The molecule has 216 valence electrons. The lowest BCUT2D eigenvalue weighted by Crippen LogP contribution is -2.86. The zero-order valence-electron chi connectivity index (χ0n) is 24.5. The van der Waals surface area contributed by atoms with Crippen molar-refractivity contribution in [2.75, 3.05) is 0 Å². The van der Waals surface area contributed by atoms with Crippen LogP contribution in [0.15, 0.2) is 182 Å². The molecule has 3 nitrogen and oxygen atoms in total.